The van der Waals surface area contributed by atoms with Crippen LogP contribution in [0, 0.1) is 0 Å². The van der Waals surface area contributed by atoms with Gasteiger partial charge in [0.25, 0.3) is 0 Å². The number of halogens is 1. The van der Waals surface area contributed by atoms with Crippen LogP contribution in [0.5, 0.6) is 11.5 Å². The van der Waals surface area contributed by atoms with E-state index in [9.17, 15) is 0 Å². The lowest BCUT2D eigenvalue weighted by molar-refractivity contribution is 0.239. The first-order valence-corrected chi connectivity index (χ1v) is 5.69. The van der Waals surface area contributed by atoms with Crippen molar-refractivity contribution >= 4 is 15.9 Å². The molecule has 0 saturated carbocycles. The van der Waals surface area contributed by atoms with E-state index < -0.39 is 0 Å². The quantitative estimate of drug-likeness (QED) is 0.772. The summed E-state index contributed by atoms with van der Waals surface area (Å²) in [5.41, 5.74) is 1.14. The Balaban J connectivity index is 2.96. The monoisotopic (exact) mass is 258 g/mol. The van der Waals surface area contributed by atoms with Gasteiger partial charge in [-0.1, -0.05) is 22.0 Å². The first-order chi connectivity index (χ1) is 6.67. The van der Waals surface area contributed by atoms with Gasteiger partial charge < -0.3 is 9.47 Å². The van der Waals surface area contributed by atoms with Crippen LogP contribution in [0.2, 0.25) is 0 Å². The number of hydrogen-bond donors (Lipinski definition) is 0. The Labute approximate surface area is 93.4 Å². The highest BCUT2D eigenvalue weighted by atomic mass is 79.9. The Morgan fingerprint density at radius 1 is 1.36 bits per heavy atom. The van der Waals surface area contributed by atoms with Gasteiger partial charge >= 0.3 is 0 Å². The predicted molar refractivity (Wildman–Crippen MR) is 61.4 cm³/mol. The minimum Gasteiger partial charge on any atom is -0.497 e. The van der Waals surface area contributed by atoms with Gasteiger partial charge in [0.2, 0.25) is 0 Å². The van der Waals surface area contributed by atoms with E-state index in [-0.39, 0.29) is 6.10 Å². The minimum absolute atomic E-state index is 0.180. The SMILES string of the molecule is COc1ccc(CBr)c(OC(C)C)c1. The molecule has 0 N–H and O–H groups in total. The summed E-state index contributed by atoms with van der Waals surface area (Å²) >= 11 is 3.42. The largest absolute Gasteiger partial charge is 0.497 e. The lowest BCUT2D eigenvalue weighted by Crippen LogP contribution is -2.07. The van der Waals surface area contributed by atoms with Gasteiger partial charge in [-0.3, -0.25) is 0 Å². The third-order valence-corrected chi connectivity index (χ3v) is 2.39. The number of alkyl halides is 1. The van der Waals surface area contributed by atoms with E-state index in [0.29, 0.717) is 0 Å². The highest BCUT2D eigenvalue weighted by Gasteiger charge is 2.06. The Bertz CT molecular complexity index is 297. The molecule has 1 rings (SSSR count). The summed E-state index contributed by atoms with van der Waals surface area (Å²) in [6.07, 6.45) is 0.180. The molecule has 0 aromatic heterocycles. The Hall–Kier alpha value is -0.700. The summed E-state index contributed by atoms with van der Waals surface area (Å²) in [6.45, 7) is 4.02. The van der Waals surface area contributed by atoms with Crippen LogP contribution in [-0.2, 0) is 5.33 Å². The van der Waals surface area contributed by atoms with E-state index in [0.717, 1.165) is 22.4 Å². The first kappa shape index (κ1) is 11.4. The molecule has 1 aromatic rings. The molecule has 0 fully saturated rings. The number of methoxy groups -OCH3 is 1. The fourth-order valence-corrected chi connectivity index (χ4v) is 1.60. The molecule has 0 saturated heterocycles. The second-order valence-corrected chi connectivity index (χ2v) is 3.83. The van der Waals surface area contributed by atoms with Crippen molar-refractivity contribution in [3.63, 3.8) is 0 Å². The molecule has 3 heteroatoms. The zero-order valence-corrected chi connectivity index (χ0v) is 10.3. The van der Waals surface area contributed by atoms with Crippen LogP contribution < -0.4 is 9.47 Å². The van der Waals surface area contributed by atoms with Gasteiger partial charge in [0.05, 0.1) is 13.2 Å². The molecule has 0 aliphatic heterocycles. The molecule has 78 valence electrons. The molecule has 0 spiro atoms. The zero-order valence-electron chi connectivity index (χ0n) is 8.71. The van der Waals surface area contributed by atoms with E-state index in [4.69, 9.17) is 9.47 Å². The van der Waals surface area contributed by atoms with E-state index in [1.165, 1.54) is 0 Å². The molecular formula is C11H15BrO2. The van der Waals surface area contributed by atoms with Gasteiger partial charge in [-0.15, -0.1) is 0 Å². The maximum Gasteiger partial charge on any atom is 0.127 e. The molecule has 2 nitrogen and oxygen atoms in total. The van der Waals surface area contributed by atoms with Crippen molar-refractivity contribution in [1.29, 1.82) is 0 Å². The predicted octanol–water partition coefficient (Wildman–Crippen LogP) is 3.38. The van der Waals surface area contributed by atoms with E-state index >= 15 is 0 Å². The van der Waals surface area contributed by atoms with E-state index in [1.807, 2.05) is 32.0 Å². The average Bonchev–Trinajstić information content (AvgIpc) is 2.16. The molecule has 14 heavy (non-hydrogen) atoms. The molecular weight excluding hydrogens is 244 g/mol. The lowest BCUT2D eigenvalue weighted by atomic mass is 10.2. The van der Waals surface area contributed by atoms with Gasteiger partial charge in [0, 0.05) is 17.0 Å². The molecule has 0 amide bonds. The Morgan fingerprint density at radius 3 is 2.57 bits per heavy atom. The molecule has 0 aliphatic rings. The van der Waals surface area contributed by atoms with Crippen molar-refractivity contribution in [2.75, 3.05) is 7.11 Å². The van der Waals surface area contributed by atoms with Crippen LogP contribution in [0.15, 0.2) is 18.2 Å². The van der Waals surface area contributed by atoms with Gasteiger partial charge in [0.15, 0.2) is 0 Å². The van der Waals surface area contributed by atoms with Crippen LogP contribution >= 0.6 is 15.9 Å². The standard InChI is InChI=1S/C11H15BrO2/c1-8(2)14-11-6-10(13-3)5-4-9(11)7-12/h4-6,8H,7H2,1-3H3. The third-order valence-electron chi connectivity index (χ3n) is 1.78. The highest BCUT2D eigenvalue weighted by molar-refractivity contribution is 9.08. The van der Waals surface area contributed by atoms with Crippen molar-refractivity contribution in [3.8, 4) is 11.5 Å². The summed E-state index contributed by atoms with van der Waals surface area (Å²) < 4.78 is 10.8. The van der Waals surface area contributed by atoms with Crippen molar-refractivity contribution < 1.29 is 9.47 Å². The summed E-state index contributed by atoms with van der Waals surface area (Å²) in [6, 6.07) is 5.85. The van der Waals surface area contributed by atoms with Gasteiger partial charge in [-0.05, 0) is 19.9 Å². The fraction of sp³-hybridized carbons (Fsp3) is 0.455. The summed E-state index contributed by atoms with van der Waals surface area (Å²) in [5, 5.41) is 0.791. The number of rotatable bonds is 4. The van der Waals surface area contributed by atoms with Crippen molar-refractivity contribution in [1.82, 2.24) is 0 Å². The van der Waals surface area contributed by atoms with Crippen LogP contribution in [0.1, 0.15) is 19.4 Å². The Morgan fingerprint density at radius 2 is 2.07 bits per heavy atom. The second kappa shape index (κ2) is 5.25. The molecule has 0 atom stereocenters. The summed E-state index contributed by atoms with van der Waals surface area (Å²) in [4.78, 5) is 0. The molecule has 0 heterocycles. The average molecular weight is 259 g/mol. The third kappa shape index (κ3) is 2.91. The normalized spacial score (nSPS) is 10.4. The Kier molecular flexibility index (Phi) is 4.26. The number of ether oxygens (including phenoxy) is 2. The van der Waals surface area contributed by atoms with Crippen molar-refractivity contribution in [2.45, 2.75) is 25.3 Å². The van der Waals surface area contributed by atoms with Crippen LogP contribution in [0.4, 0.5) is 0 Å². The van der Waals surface area contributed by atoms with Gasteiger partial charge in [-0.2, -0.15) is 0 Å². The minimum atomic E-state index is 0.180. The fourth-order valence-electron chi connectivity index (χ4n) is 1.14. The maximum atomic E-state index is 5.67. The van der Waals surface area contributed by atoms with E-state index in [2.05, 4.69) is 15.9 Å². The smallest absolute Gasteiger partial charge is 0.127 e. The summed E-state index contributed by atoms with van der Waals surface area (Å²) in [5.74, 6) is 1.71. The maximum absolute atomic E-state index is 5.67. The second-order valence-electron chi connectivity index (χ2n) is 3.27. The zero-order chi connectivity index (χ0) is 10.6. The number of hydrogen-bond acceptors (Lipinski definition) is 2. The topological polar surface area (TPSA) is 18.5 Å². The van der Waals surface area contributed by atoms with Crippen LogP contribution in [0.25, 0.3) is 0 Å². The molecule has 0 bridgehead atoms. The van der Waals surface area contributed by atoms with Gasteiger partial charge in [0.1, 0.15) is 11.5 Å². The summed E-state index contributed by atoms with van der Waals surface area (Å²) in [7, 11) is 1.66. The highest BCUT2D eigenvalue weighted by Crippen LogP contribution is 2.27. The van der Waals surface area contributed by atoms with Crippen LogP contribution in [-0.4, -0.2) is 13.2 Å². The molecule has 1 aromatic carbocycles. The lowest BCUT2D eigenvalue weighted by Gasteiger charge is -2.14. The molecule has 0 aliphatic carbocycles. The van der Waals surface area contributed by atoms with Crippen molar-refractivity contribution in [3.05, 3.63) is 23.8 Å². The molecule has 0 radical (unpaired) electrons. The van der Waals surface area contributed by atoms with Crippen LogP contribution in [0.3, 0.4) is 0 Å². The van der Waals surface area contributed by atoms with Crippen molar-refractivity contribution in [2.24, 2.45) is 0 Å². The molecule has 0 unspecified atom stereocenters. The number of benzene rings is 1. The van der Waals surface area contributed by atoms with Gasteiger partial charge in [-0.25, -0.2) is 0 Å². The van der Waals surface area contributed by atoms with E-state index in [1.54, 1.807) is 7.11 Å². The first-order valence-electron chi connectivity index (χ1n) is 4.57.